The molecule has 1 saturated carbocycles. The highest BCUT2D eigenvalue weighted by atomic mass is 19.3. The van der Waals surface area contributed by atoms with Crippen molar-refractivity contribution in [1.29, 1.82) is 0 Å². The Balaban J connectivity index is 1.48. The molecular weight excluding hydrogens is 472 g/mol. The van der Waals surface area contributed by atoms with Crippen LogP contribution < -0.4 is 5.32 Å². The Hall–Kier alpha value is -3.65. The monoisotopic (exact) mass is 505 g/mol. The number of rotatable bonds is 8. The van der Waals surface area contributed by atoms with E-state index in [4.69, 9.17) is 0 Å². The van der Waals surface area contributed by atoms with Gasteiger partial charge in [0.2, 0.25) is 5.92 Å². The number of fused-ring (bicyclic) bond motifs is 1. The Kier molecular flexibility index (Phi) is 7.97. The molecule has 0 bridgehead atoms. The molecule has 8 heteroatoms. The van der Waals surface area contributed by atoms with E-state index in [1.54, 1.807) is 18.2 Å². The molecule has 1 aliphatic carbocycles. The number of H-pyrrole nitrogens is 1. The summed E-state index contributed by atoms with van der Waals surface area (Å²) in [7, 11) is 4.02. The molecule has 6 nitrogen and oxygen atoms in total. The van der Waals surface area contributed by atoms with Gasteiger partial charge in [0, 0.05) is 48.4 Å². The lowest BCUT2D eigenvalue weighted by Crippen LogP contribution is -2.25. The van der Waals surface area contributed by atoms with Crippen LogP contribution in [0.5, 0.6) is 0 Å². The molecule has 2 N–H and O–H groups in total. The molecular formula is C29H33F2N5O. The smallest absolute Gasteiger partial charge is 0.276 e. The zero-order valence-corrected chi connectivity index (χ0v) is 21.5. The van der Waals surface area contributed by atoms with Gasteiger partial charge in [-0.3, -0.25) is 14.9 Å². The molecule has 0 radical (unpaired) electrons. The third kappa shape index (κ3) is 6.57. The third-order valence-corrected chi connectivity index (χ3v) is 6.69. The van der Waals surface area contributed by atoms with Crippen LogP contribution in [0.1, 0.15) is 48.7 Å². The summed E-state index contributed by atoms with van der Waals surface area (Å²) in [6.07, 6.45) is 9.62. The summed E-state index contributed by atoms with van der Waals surface area (Å²) in [4.78, 5) is 19.6. The summed E-state index contributed by atoms with van der Waals surface area (Å²) in [5, 5.41) is 10.8. The van der Waals surface area contributed by atoms with Crippen LogP contribution >= 0.6 is 0 Å². The Bertz CT molecular complexity index is 1350. The van der Waals surface area contributed by atoms with Gasteiger partial charge in [0.15, 0.2) is 5.69 Å². The number of carbonyl (C=O) groups is 1. The van der Waals surface area contributed by atoms with Crippen molar-refractivity contribution in [2.75, 3.05) is 14.1 Å². The molecule has 0 aliphatic heterocycles. The number of amides is 1. The zero-order valence-electron chi connectivity index (χ0n) is 21.5. The Labute approximate surface area is 216 Å². The second kappa shape index (κ2) is 11.2. The number of aromatic nitrogens is 3. The van der Waals surface area contributed by atoms with Crippen LogP contribution in [0.15, 0.2) is 72.7 Å². The highest BCUT2D eigenvalue weighted by Gasteiger charge is 2.35. The number of hydrogen-bond donors (Lipinski definition) is 2. The van der Waals surface area contributed by atoms with E-state index in [2.05, 4.69) is 38.0 Å². The quantitative estimate of drug-likeness (QED) is 0.355. The average Bonchev–Trinajstić information content (AvgIpc) is 3.29. The lowest BCUT2D eigenvalue weighted by Gasteiger charge is -2.28. The van der Waals surface area contributed by atoms with Crippen molar-refractivity contribution in [2.24, 2.45) is 5.92 Å². The fraction of sp³-hybridized carbons (Fsp3) is 0.345. The van der Waals surface area contributed by atoms with Gasteiger partial charge in [0.05, 0.1) is 5.52 Å². The van der Waals surface area contributed by atoms with Crippen molar-refractivity contribution in [3.8, 4) is 11.1 Å². The second-order valence-electron chi connectivity index (χ2n) is 9.89. The first-order valence-corrected chi connectivity index (χ1v) is 12.4. The van der Waals surface area contributed by atoms with Crippen LogP contribution in [0.2, 0.25) is 0 Å². The van der Waals surface area contributed by atoms with Crippen molar-refractivity contribution >= 4 is 16.8 Å². The molecule has 0 spiro atoms. The highest BCUT2D eigenvalue weighted by Crippen LogP contribution is 2.39. The molecule has 0 saturated heterocycles. The van der Waals surface area contributed by atoms with Crippen molar-refractivity contribution in [3.63, 3.8) is 0 Å². The van der Waals surface area contributed by atoms with Gasteiger partial charge in [-0.25, -0.2) is 8.78 Å². The van der Waals surface area contributed by atoms with Crippen LogP contribution in [-0.4, -0.2) is 46.0 Å². The lowest BCUT2D eigenvalue weighted by molar-refractivity contribution is -0.0417. The fourth-order valence-corrected chi connectivity index (χ4v) is 4.61. The van der Waals surface area contributed by atoms with E-state index in [0.29, 0.717) is 23.9 Å². The summed E-state index contributed by atoms with van der Waals surface area (Å²) in [5.74, 6) is -2.88. The van der Waals surface area contributed by atoms with E-state index in [0.717, 1.165) is 34.3 Å². The first-order valence-electron chi connectivity index (χ1n) is 12.4. The lowest BCUT2D eigenvalue weighted by atomic mass is 9.82. The predicted molar refractivity (Wildman–Crippen MR) is 143 cm³/mol. The van der Waals surface area contributed by atoms with Gasteiger partial charge in [-0.05, 0) is 75.2 Å². The minimum absolute atomic E-state index is 0.0316. The van der Waals surface area contributed by atoms with Crippen molar-refractivity contribution in [1.82, 2.24) is 25.4 Å². The number of benzene rings is 1. The molecule has 0 unspecified atom stereocenters. The van der Waals surface area contributed by atoms with E-state index in [9.17, 15) is 13.6 Å². The topological polar surface area (TPSA) is 73.9 Å². The van der Waals surface area contributed by atoms with Crippen LogP contribution in [0, 0.1) is 5.92 Å². The maximum absolute atomic E-state index is 13.5. The SMILES string of the molecule is C=C(/C=C\C(=C/C)NC(=O)c1n[nH]c2ccc(-c3cncc(CN(C)C)c3)cc12)C1CCC(F)(F)CC1. The van der Waals surface area contributed by atoms with Crippen LogP contribution in [0.3, 0.4) is 0 Å². The number of nitrogens with zero attached hydrogens (tertiary/aromatic N) is 3. The largest absolute Gasteiger partial charge is 0.321 e. The molecule has 194 valence electrons. The zero-order chi connectivity index (χ0) is 26.6. The second-order valence-corrected chi connectivity index (χ2v) is 9.89. The van der Waals surface area contributed by atoms with E-state index in [1.165, 1.54) is 0 Å². The molecule has 0 atom stereocenters. The van der Waals surface area contributed by atoms with Gasteiger partial charge in [-0.15, -0.1) is 0 Å². The number of alkyl halides is 2. The van der Waals surface area contributed by atoms with Crippen molar-refractivity contribution in [3.05, 3.63) is 84.0 Å². The first kappa shape index (κ1) is 26.4. The Morgan fingerprint density at radius 2 is 1.95 bits per heavy atom. The molecule has 1 aromatic carbocycles. The standard InChI is InChI=1S/C29H33F2N5O/c1-5-24(8-6-19(2)21-10-12-29(30,31)13-11-21)33-28(37)27-25-15-22(7-9-26(25)34-35-27)23-14-20(16-32-17-23)18-36(3)4/h5-9,14-17,21H,2,10-13,18H2,1,3-4H3,(H,33,37)(H,34,35)/b8-6-,24-5+. The number of halogens is 2. The minimum atomic E-state index is -2.57. The molecule has 37 heavy (non-hydrogen) atoms. The molecule has 1 fully saturated rings. The Morgan fingerprint density at radius 1 is 1.19 bits per heavy atom. The number of aromatic amines is 1. The van der Waals surface area contributed by atoms with E-state index in [1.807, 2.05) is 51.6 Å². The number of pyridine rings is 1. The molecule has 3 aromatic rings. The summed E-state index contributed by atoms with van der Waals surface area (Å²) in [6.45, 7) is 6.66. The Morgan fingerprint density at radius 3 is 2.65 bits per heavy atom. The normalized spacial score (nSPS) is 16.5. The number of allylic oxidation sites excluding steroid dienone is 4. The van der Waals surface area contributed by atoms with E-state index in [-0.39, 0.29) is 30.4 Å². The molecule has 2 heterocycles. The maximum atomic E-state index is 13.5. The summed E-state index contributed by atoms with van der Waals surface area (Å²) in [6, 6.07) is 7.92. The van der Waals surface area contributed by atoms with Crippen molar-refractivity contribution < 1.29 is 13.6 Å². The number of hydrogen-bond acceptors (Lipinski definition) is 4. The summed E-state index contributed by atoms with van der Waals surface area (Å²) < 4.78 is 26.9. The molecule has 2 aromatic heterocycles. The minimum Gasteiger partial charge on any atom is -0.321 e. The summed E-state index contributed by atoms with van der Waals surface area (Å²) in [5.41, 5.74) is 5.42. The van der Waals surface area contributed by atoms with Crippen LogP contribution in [0.4, 0.5) is 8.78 Å². The van der Waals surface area contributed by atoms with Gasteiger partial charge < -0.3 is 10.2 Å². The molecule has 1 aliphatic rings. The van der Waals surface area contributed by atoms with Gasteiger partial charge in [-0.1, -0.05) is 30.4 Å². The molecule has 1 amide bonds. The van der Waals surface area contributed by atoms with Gasteiger partial charge in [0.25, 0.3) is 5.91 Å². The maximum Gasteiger partial charge on any atom is 0.276 e. The number of carbonyl (C=O) groups excluding carboxylic acids is 1. The van der Waals surface area contributed by atoms with Crippen LogP contribution in [-0.2, 0) is 6.54 Å². The third-order valence-electron chi connectivity index (χ3n) is 6.69. The van der Waals surface area contributed by atoms with Gasteiger partial charge >= 0.3 is 0 Å². The van der Waals surface area contributed by atoms with Gasteiger partial charge in [0.1, 0.15) is 0 Å². The first-order chi connectivity index (χ1) is 17.6. The van der Waals surface area contributed by atoms with Crippen molar-refractivity contribution in [2.45, 2.75) is 45.1 Å². The van der Waals surface area contributed by atoms with Crippen LogP contribution in [0.25, 0.3) is 22.0 Å². The van der Waals surface area contributed by atoms with Gasteiger partial charge in [-0.2, -0.15) is 5.10 Å². The molecule has 4 rings (SSSR count). The summed E-state index contributed by atoms with van der Waals surface area (Å²) >= 11 is 0. The average molecular weight is 506 g/mol. The fourth-order valence-electron chi connectivity index (χ4n) is 4.61. The number of nitrogens with one attached hydrogen (secondary N) is 2. The highest BCUT2D eigenvalue weighted by molar-refractivity contribution is 6.06. The van der Waals surface area contributed by atoms with E-state index < -0.39 is 5.92 Å². The van der Waals surface area contributed by atoms with E-state index >= 15 is 0 Å². The predicted octanol–water partition coefficient (Wildman–Crippen LogP) is 6.26.